The van der Waals surface area contributed by atoms with E-state index in [2.05, 4.69) is 15.2 Å². The van der Waals surface area contributed by atoms with E-state index < -0.39 is 22.1 Å². The third kappa shape index (κ3) is 2.72. The van der Waals surface area contributed by atoms with Crippen molar-refractivity contribution >= 4 is 17.3 Å². The number of benzene rings is 1. The zero-order chi connectivity index (χ0) is 17.4. The number of nitro benzene ring substituents is 1. The van der Waals surface area contributed by atoms with E-state index in [0.29, 0.717) is 11.3 Å². The molecule has 0 saturated heterocycles. The molecule has 0 aliphatic rings. The number of hydrogen-bond donors (Lipinski definition) is 2. The highest BCUT2D eigenvalue weighted by Gasteiger charge is 2.22. The smallest absolute Gasteiger partial charge is 0.315 e. The van der Waals surface area contributed by atoms with Crippen LogP contribution in [0.3, 0.4) is 0 Å². The molecule has 0 saturated carbocycles. The van der Waals surface area contributed by atoms with Gasteiger partial charge in [-0.05, 0) is 25.1 Å². The summed E-state index contributed by atoms with van der Waals surface area (Å²) in [5.41, 5.74) is 0.507. The van der Waals surface area contributed by atoms with Crippen LogP contribution in [-0.2, 0) is 0 Å². The molecule has 0 atom stereocenters. The molecule has 9 nitrogen and oxygen atoms in total. The van der Waals surface area contributed by atoms with Gasteiger partial charge in [-0.25, -0.2) is 4.98 Å². The second-order valence-electron chi connectivity index (χ2n) is 4.82. The molecule has 3 rings (SSSR count). The second-order valence-corrected chi connectivity index (χ2v) is 5.18. The minimum absolute atomic E-state index is 0.0673. The molecule has 0 aliphatic heterocycles. The van der Waals surface area contributed by atoms with Crippen LogP contribution in [0.25, 0.3) is 22.9 Å². The largest absolute Gasteiger partial charge is 0.504 e. The molecule has 0 bridgehead atoms. The van der Waals surface area contributed by atoms with Crippen molar-refractivity contribution in [3.05, 3.63) is 45.2 Å². The van der Waals surface area contributed by atoms with Crippen molar-refractivity contribution in [1.82, 2.24) is 15.2 Å². The minimum atomic E-state index is -0.839. The van der Waals surface area contributed by atoms with Gasteiger partial charge in [0.1, 0.15) is 5.15 Å². The van der Waals surface area contributed by atoms with E-state index >= 15 is 0 Å². The summed E-state index contributed by atoms with van der Waals surface area (Å²) in [5.74, 6) is -1.53. The first-order chi connectivity index (χ1) is 11.4. The van der Waals surface area contributed by atoms with E-state index in [1.54, 1.807) is 19.1 Å². The Bertz CT molecular complexity index is 956. The van der Waals surface area contributed by atoms with Crippen molar-refractivity contribution in [2.75, 3.05) is 0 Å². The summed E-state index contributed by atoms with van der Waals surface area (Å²) in [6.07, 6.45) is 0. The summed E-state index contributed by atoms with van der Waals surface area (Å²) in [4.78, 5) is 14.1. The summed E-state index contributed by atoms with van der Waals surface area (Å²) in [6.45, 7) is 1.77. The van der Waals surface area contributed by atoms with Crippen LogP contribution < -0.4 is 0 Å². The molecule has 2 aromatic heterocycles. The summed E-state index contributed by atoms with van der Waals surface area (Å²) >= 11 is 6.03. The molecule has 0 spiro atoms. The van der Waals surface area contributed by atoms with E-state index in [-0.39, 0.29) is 22.5 Å². The summed E-state index contributed by atoms with van der Waals surface area (Å²) in [5, 5.41) is 37.8. The third-order valence-corrected chi connectivity index (χ3v) is 3.44. The second kappa shape index (κ2) is 5.78. The lowest BCUT2D eigenvalue weighted by atomic mass is 10.1. The number of pyridine rings is 1. The molecule has 1 aromatic carbocycles. The minimum Gasteiger partial charge on any atom is -0.504 e. The zero-order valence-electron chi connectivity index (χ0n) is 12.1. The van der Waals surface area contributed by atoms with Gasteiger partial charge in [0.15, 0.2) is 5.75 Å². The van der Waals surface area contributed by atoms with Crippen LogP contribution in [0.5, 0.6) is 11.5 Å². The van der Waals surface area contributed by atoms with Gasteiger partial charge in [0.25, 0.3) is 5.89 Å². The molecule has 0 amide bonds. The van der Waals surface area contributed by atoms with Crippen molar-refractivity contribution in [2.45, 2.75) is 6.92 Å². The number of hydrogen-bond acceptors (Lipinski definition) is 8. The van der Waals surface area contributed by atoms with Gasteiger partial charge in [0.05, 0.1) is 10.5 Å². The Labute approximate surface area is 139 Å². The average molecular weight is 349 g/mol. The van der Waals surface area contributed by atoms with Crippen LogP contribution in [0.4, 0.5) is 5.69 Å². The summed E-state index contributed by atoms with van der Waals surface area (Å²) < 4.78 is 5.44. The fraction of sp³-hybridized carbons (Fsp3) is 0.0714. The highest BCUT2D eigenvalue weighted by atomic mass is 35.5. The number of phenols is 2. The van der Waals surface area contributed by atoms with Crippen molar-refractivity contribution < 1.29 is 19.6 Å². The molecule has 122 valence electrons. The highest BCUT2D eigenvalue weighted by molar-refractivity contribution is 6.31. The summed E-state index contributed by atoms with van der Waals surface area (Å²) in [7, 11) is 0. The lowest BCUT2D eigenvalue weighted by Crippen LogP contribution is -1.90. The van der Waals surface area contributed by atoms with Gasteiger partial charge in [-0.1, -0.05) is 11.6 Å². The van der Waals surface area contributed by atoms with Crippen molar-refractivity contribution in [3.8, 4) is 34.4 Å². The zero-order valence-corrected chi connectivity index (χ0v) is 12.9. The van der Waals surface area contributed by atoms with E-state index in [4.69, 9.17) is 16.0 Å². The first kappa shape index (κ1) is 15.7. The first-order valence-electron chi connectivity index (χ1n) is 6.54. The van der Waals surface area contributed by atoms with Gasteiger partial charge < -0.3 is 14.6 Å². The van der Waals surface area contributed by atoms with Crippen molar-refractivity contribution in [3.63, 3.8) is 0 Å². The fourth-order valence-corrected chi connectivity index (χ4v) is 2.28. The van der Waals surface area contributed by atoms with Gasteiger partial charge >= 0.3 is 5.69 Å². The van der Waals surface area contributed by atoms with Crippen molar-refractivity contribution in [2.24, 2.45) is 0 Å². The molecule has 2 N–H and O–H groups in total. The van der Waals surface area contributed by atoms with E-state index in [1.807, 2.05) is 0 Å². The molecule has 0 fully saturated rings. The number of nitro groups is 1. The monoisotopic (exact) mass is 348 g/mol. The molecule has 10 heteroatoms. The fourth-order valence-electron chi connectivity index (χ4n) is 2.00. The number of rotatable bonds is 3. The first-order valence-corrected chi connectivity index (χ1v) is 6.92. The Morgan fingerprint density at radius 2 is 1.92 bits per heavy atom. The molecule has 2 heterocycles. The van der Waals surface area contributed by atoms with E-state index in [1.165, 1.54) is 0 Å². The quantitative estimate of drug-likeness (QED) is 0.319. The normalized spacial score (nSPS) is 10.8. The topological polar surface area (TPSA) is 135 Å². The average Bonchev–Trinajstić information content (AvgIpc) is 2.99. The number of aromatic nitrogens is 3. The van der Waals surface area contributed by atoms with Crippen LogP contribution >= 0.6 is 11.6 Å². The molecule has 24 heavy (non-hydrogen) atoms. The molecular formula is C14H9ClN4O5. The van der Waals surface area contributed by atoms with Crippen LogP contribution in [0, 0.1) is 17.0 Å². The Balaban J connectivity index is 2.07. The van der Waals surface area contributed by atoms with Gasteiger partial charge in [-0.3, -0.25) is 10.1 Å². The van der Waals surface area contributed by atoms with Crippen LogP contribution in [-0.4, -0.2) is 30.3 Å². The number of phenolic OH excluding ortho intramolecular Hbond substituents is 2. The van der Waals surface area contributed by atoms with E-state index in [9.17, 15) is 20.3 Å². The predicted molar refractivity (Wildman–Crippen MR) is 82.7 cm³/mol. The number of nitrogens with zero attached hydrogens (tertiary/aromatic N) is 4. The predicted octanol–water partition coefficient (Wildman–Crippen LogP) is 3.08. The Kier molecular flexibility index (Phi) is 3.78. The maximum absolute atomic E-state index is 10.9. The standard InChI is InChI=1S/C14H9ClN4O5/c1-6-2-3-8(12(15)16-6)14-18-17-13(24-14)7-4-9(19(22)23)11(21)10(20)5-7/h2-5,20-21H,1H3. The maximum atomic E-state index is 10.9. The van der Waals surface area contributed by atoms with Crippen molar-refractivity contribution in [1.29, 1.82) is 0 Å². The van der Waals surface area contributed by atoms with Crippen LogP contribution in [0.1, 0.15) is 5.69 Å². The Hall–Kier alpha value is -3.20. The Morgan fingerprint density at radius 1 is 1.21 bits per heavy atom. The summed E-state index contributed by atoms with van der Waals surface area (Å²) in [6, 6.07) is 5.46. The van der Waals surface area contributed by atoms with Gasteiger partial charge in [0.2, 0.25) is 11.6 Å². The highest BCUT2D eigenvalue weighted by Crippen LogP contribution is 2.39. The van der Waals surface area contributed by atoms with Gasteiger partial charge in [0, 0.05) is 17.3 Å². The molecule has 3 aromatic rings. The van der Waals surface area contributed by atoms with Gasteiger partial charge in [-0.15, -0.1) is 10.2 Å². The van der Waals surface area contributed by atoms with Crippen LogP contribution in [0.15, 0.2) is 28.7 Å². The number of aryl methyl sites for hydroxylation is 1. The van der Waals surface area contributed by atoms with Crippen LogP contribution in [0.2, 0.25) is 5.15 Å². The third-order valence-electron chi connectivity index (χ3n) is 3.16. The Morgan fingerprint density at radius 3 is 2.58 bits per heavy atom. The lowest BCUT2D eigenvalue weighted by Gasteiger charge is -2.01. The SMILES string of the molecule is Cc1ccc(-c2nnc(-c3cc(O)c(O)c([N+](=O)[O-])c3)o2)c(Cl)n1. The van der Waals surface area contributed by atoms with Gasteiger partial charge in [-0.2, -0.15) is 0 Å². The van der Waals surface area contributed by atoms with E-state index in [0.717, 1.165) is 12.1 Å². The molecule has 0 radical (unpaired) electrons. The molecule has 0 aliphatic carbocycles. The number of halogens is 1. The molecular weight excluding hydrogens is 340 g/mol. The molecule has 0 unspecified atom stereocenters. The maximum Gasteiger partial charge on any atom is 0.315 e. The lowest BCUT2D eigenvalue weighted by molar-refractivity contribution is -0.385. The number of aromatic hydroxyl groups is 2.